The monoisotopic (exact) mass is 314 g/mol. The van der Waals surface area contributed by atoms with Crippen molar-refractivity contribution in [3.63, 3.8) is 0 Å². The fourth-order valence-corrected chi connectivity index (χ4v) is 5.36. The van der Waals surface area contributed by atoms with E-state index in [1.165, 1.54) is 79.6 Å². The van der Waals surface area contributed by atoms with Crippen LogP contribution in [-0.2, 0) is 18.3 Å². The first kappa shape index (κ1) is 15.4. The van der Waals surface area contributed by atoms with Crippen molar-refractivity contribution in [2.24, 2.45) is 5.92 Å². The average Bonchev–Trinajstić information content (AvgIpc) is 2.79. The van der Waals surface area contributed by atoms with Crippen LogP contribution in [0.3, 0.4) is 0 Å². The van der Waals surface area contributed by atoms with Crippen LogP contribution in [0.4, 0.5) is 0 Å². The lowest BCUT2D eigenvalue weighted by molar-refractivity contribution is 0.168. The first-order valence-corrected chi connectivity index (χ1v) is 9.69. The van der Waals surface area contributed by atoms with Crippen LogP contribution < -0.4 is 9.47 Å². The van der Waals surface area contributed by atoms with Gasteiger partial charge in [0.25, 0.3) is 0 Å². The highest BCUT2D eigenvalue weighted by molar-refractivity contribution is 5.58. The van der Waals surface area contributed by atoms with Gasteiger partial charge in [-0.3, -0.25) is 0 Å². The van der Waals surface area contributed by atoms with Gasteiger partial charge in [-0.1, -0.05) is 19.8 Å². The predicted octanol–water partition coefficient (Wildman–Crippen LogP) is 5.19. The van der Waals surface area contributed by atoms with Crippen LogP contribution >= 0.6 is 0 Å². The standard InChI is InChI=1S/C21H30O2/c1-3-22-18-14-15-8-5-7-13-23-20(15)17-11-10-16-9-4-6-12-21(16,2)19(17)18/h14,16H,3-13H2,1-2H3/t16-,21+/m0/s1. The number of hydrogen-bond acceptors (Lipinski definition) is 2. The summed E-state index contributed by atoms with van der Waals surface area (Å²) in [5.41, 5.74) is 4.69. The van der Waals surface area contributed by atoms with Crippen molar-refractivity contribution in [2.45, 2.75) is 77.0 Å². The maximum absolute atomic E-state index is 6.25. The number of fused-ring (bicyclic) bond motifs is 5. The first-order chi connectivity index (χ1) is 11.2. The minimum Gasteiger partial charge on any atom is -0.494 e. The van der Waals surface area contributed by atoms with E-state index in [4.69, 9.17) is 9.47 Å². The Bertz CT molecular complexity index is 592. The van der Waals surface area contributed by atoms with Gasteiger partial charge in [0.15, 0.2) is 0 Å². The summed E-state index contributed by atoms with van der Waals surface area (Å²) in [4.78, 5) is 0. The summed E-state index contributed by atoms with van der Waals surface area (Å²) in [6, 6.07) is 2.32. The molecule has 2 heteroatoms. The second-order valence-corrected chi connectivity index (χ2v) is 7.85. The molecule has 2 nitrogen and oxygen atoms in total. The third kappa shape index (κ3) is 2.45. The normalized spacial score (nSPS) is 29.6. The molecule has 1 saturated carbocycles. The Morgan fingerprint density at radius 1 is 1.17 bits per heavy atom. The van der Waals surface area contributed by atoms with Crippen LogP contribution in [0.2, 0.25) is 0 Å². The number of benzene rings is 1. The molecule has 1 aromatic carbocycles. The molecule has 0 unspecified atom stereocenters. The molecule has 3 aliphatic rings. The van der Waals surface area contributed by atoms with Gasteiger partial charge in [0.1, 0.15) is 11.5 Å². The fraction of sp³-hybridized carbons (Fsp3) is 0.714. The average molecular weight is 314 g/mol. The minimum atomic E-state index is 0.293. The van der Waals surface area contributed by atoms with Gasteiger partial charge in [-0.25, -0.2) is 0 Å². The molecule has 2 aliphatic carbocycles. The zero-order chi connectivity index (χ0) is 15.9. The summed E-state index contributed by atoms with van der Waals surface area (Å²) in [5, 5.41) is 0. The highest BCUT2D eigenvalue weighted by atomic mass is 16.5. The van der Waals surface area contributed by atoms with E-state index in [1.54, 1.807) is 0 Å². The highest BCUT2D eigenvalue weighted by Crippen LogP contribution is 2.55. The van der Waals surface area contributed by atoms with Gasteiger partial charge < -0.3 is 9.47 Å². The van der Waals surface area contributed by atoms with E-state index in [0.29, 0.717) is 5.41 Å². The summed E-state index contributed by atoms with van der Waals surface area (Å²) in [5.74, 6) is 3.22. The summed E-state index contributed by atoms with van der Waals surface area (Å²) in [7, 11) is 0. The van der Waals surface area contributed by atoms with Crippen molar-refractivity contribution in [2.75, 3.05) is 13.2 Å². The molecule has 2 atom stereocenters. The van der Waals surface area contributed by atoms with Crippen molar-refractivity contribution >= 4 is 0 Å². The Kier molecular flexibility index (Phi) is 4.03. The van der Waals surface area contributed by atoms with Gasteiger partial charge >= 0.3 is 0 Å². The molecule has 1 heterocycles. The van der Waals surface area contributed by atoms with Crippen LogP contribution in [0.25, 0.3) is 0 Å². The predicted molar refractivity (Wildman–Crippen MR) is 93.7 cm³/mol. The smallest absolute Gasteiger partial charge is 0.126 e. The van der Waals surface area contributed by atoms with E-state index >= 15 is 0 Å². The molecule has 0 aromatic heterocycles. The number of aryl methyl sites for hydroxylation is 1. The minimum absolute atomic E-state index is 0.293. The molecular weight excluding hydrogens is 284 g/mol. The molecule has 1 aliphatic heterocycles. The van der Waals surface area contributed by atoms with E-state index in [-0.39, 0.29) is 0 Å². The SMILES string of the molecule is CCOc1cc2c(c3c1[C@]1(C)CCCC[C@H]1CC3)OCCCC2. The zero-order valence-corrected chi connectivity index (χ0v) is 14.7. The fourth-order valence-electron chi connectivity index (χ4n) is 5.36. The molecule has 0 radical (unpaired) electrons. The third-order valence-corrected chi connectivity index (χ3v) is 6.52. The maximum atomic E-state index is 6.25. The molecule has 4 rings (SSSR count). The Labute approximate surface area is 140 Å². The van der Waals surface area contributed by atoms with Crippen LogP contribution in [0.5, 0.6) is 11.5 Å². The van der Waals surface area contributed by atoms with E-state index < -0.39 is 0 Å². The van der Waals surface area contributed by atoms with Crippen molar-refractivity contribution in [1.82, 2.24) is 0 Å². The summed E-state index contributed by atoms with van der Waals surface area (Å²) in [6.07, 6.45) is 11.5. The Hall–Kier alpha value is -1.18. The second kappa shape index (κ2) is 6.03. The van der Waals surface area contributed by atoms with Crippen molar-refractivity contribution in [1.29, 1.82) is 0 Å². The topological polar surface area (TPSA) is 18.5 Å². The lowest BCUT2D eigenvalue weighted by Gasteiger charge is -2.47. The highest BCUT2D eigenvalue weighted by Gasteiger charge is 2.45. The summed E-state index contributed by atoms with van der Waals surface area (Å²) < 4.78 is 12.4. The quantitative estimate of drug-likeness (QED) is 0.747. The van der Waals surface area contributed by atoms with Gasteiger partial charge in [0.05, 0.1) is 13.2 Å². The lowest BCUT2D eigenvalue weighted by Crippen LogP contribution is -2.40. The van der Waals surface area contributed by atoms with Crippen molar-refractivity contribution < 1.29 is 9.47 Å². The van der Waals surface area contributed by atoms with Crippen molar-refractivity contribution in [3.8, 4) is 11.5 Å². The van der Waals surface area contributed by atoms with E-state index in [2.05, 4.69) is 19.9 Å². The zero-order valence-electron chi connectivity index (χ0n) is 14.7. The summed E-state index contributed by atoms with van der Waals surface area (Å²) in [6.45, 7) is 6.25. The van der Waals surface area contributed by atoms with Crippen molar-refractivity contribution in [3.05, 3.63) is 22.8 Å². The van der Waals surface area contributed by atoms with Gasteiger partial charge in [-0.05, 0) is 74.8 Å². The van der Waals surface area contributed by atoms with E-state index in [0.717, 1.165) is 25.6 Å². The molecule has 1 aromatic rings. The molecule has 0 bridgehead atoms. The van der Waals surface area contributed by atoms with Gasteiger partial charge in [0, 0.05) is 11.1 Å². The van der Waals surface area contributed by atoms with Crippen LogP contribution in [-0.4, -0.2) is 13.2 Å². The lowest BCUT2D eigenvalue weighted by atomic mass is 9.58. The molecule has 0 saturated heterocycles. The number of hydrogen-bond donors (Lipinski definition) is 0. The maximum Gasteiger partial charge on any atom is 0.126 e. The largest absolute Gasteiger partial charge is 0.494 e. The van der Waals surface area contributed by atoms with Gasteiger partial charge in [-0.15, -0.1) is 0 Å². The molecule has 0 spiro atoms. The molecule has 1 fully saturated rings. The molecular formula is C21H30O2. The Morgan fingerprint density at radius 3 is 2.96 bits per heavy atom. The van der Waals surface area contributed by atoms with E-state index in [9.17, 15) is 0 Å². The van der Waals surface area contributed by atoms with Gasteiger partial charge in [-0.2, -0.15) is 0 Å². The van der Waals surface area contributed by atoms with Crippen LogP contribution in [0, 0.1) is 5.92 Å². The molecule has 0 amide bonds. The van der Waals surface area contributed by atoms with Crippen LogP contribution in [0.1, 0.15) is 75.5 Å². The van der Waals surface area contributed by atoms with Gasteiger partial charge in [0.2, 0.25) is 0 Å². The molecule has 126 valence electrons. The number of rotatable bonds is 2. The van der Waals surface area contributed by atoms with Crippen LogP contribution in [0.15, 0.2) is 6.07 Å². The molecule has 23 heavy (non-hydrogen) atoms. The Morgan fingerprint density at radius 2 is 2.09 bits per heavy atom. The van der Waals surface area contributed by atoms with E-state index in [1.807, 2.05) is 0 Å². The number of ether oxygens (including phenoxy) is 2. The Balaban J connectivity index is 1.90. The third-order valence-electron chi connectivity index (χ3n) is 6.52. The first-order valence-electron chi connectivity index (χ1n) is 9.69. The summed E-state index contributed by atoms with van der Waals surface area (Å²) >= 11 is 0. The second-order valence-electron chi connectivity index (χ2n) is 7.85. The molecule has 0 N–H and O–H groups in total.